The van der Waals surface area contributed by atoms with Gasteiger partial charge in [-0.15, -0.1) is 0 Å². The first-order chi connectivity index (χ1) is 10.0. The number of hydrogen-bond acceptors (Lipinski definition) is 2. The molecule has 0 unspecified atom stereocenters. The van der Waals surface area contributed by atoms with Gasteiger partial charge in [-0.1, -0.05) is 35.3 Å². The van der Waals surface area contributed by atoms with Crippen LogP contribution >= 0.6 is 23.2 Å². The number of rotatable bonds is 5. The summed E-state index contributed by atoms with van der Waals surface area (Å²) in [5.74, 6) is -0.112. The lowest BCUT2D eigenvalue weighted by Crippen LogP contribution is -2.16. The lowest BCUT2D eigenvalue weighted by Gasteiger charge is -2.09. The van der Waals surface area contributed by atoms with Gasteiger partial charge in [-0.2, -0.15) is 0 Å². The number of amides is 1. The van der Waals surface area contributed by atoms with Crippen LogP contribution in [0.3, 0.4) is 0 Å². The van der Waals surface area contributed by atoms with E-state index in [1.54, 1.807) is 18.2 Å². The van der Waals surface area contributed by atoms with E-state index in [1.165, 1.54) is 5.56 Å². The molecule has 0 heterocycles. The van der Waals surface area contributed by atoms with Gasteiger partial charge in [-0.3, -0.25) is 4.79 Å². The number of nitrogens with one attached hydrogen (secondary N) is 2. The number of carbonyl (C=O) groups is 1. The highest BCUT2D eigenvalue weighted by atomic mass is 35.5. The van der Waals surface area contributed by atoms with Gasteiger partial charge in [0.2, 0.25) is 5.91 Å². The first-order valence-corrected chi connectivity index (χ1v) is 7.35. The molecule has 0 fully saturated rings. The van der Waals surface area contributed by atoms with Crippen molar-refractivity contribution in [2.45, 2.75) is 13.3 Å². The van der Waals surface area contributed by atoms with Gasteiger partial charge in [0, 0.05) is 23.7 Å². The van der Waals surface area contributed by atoms with E-state index in [1.807, 2.05) is 31.2 Å². The fourth-order valence-corrected chi connectivity index (χ4v) is 2.22. The lowest BCUT2D eigenvalue weighted by molar-refractivity contribution is -0.115. The standard InChI is InChI=1S/C16H16Cl2N2O/c1-11-3-2-4-13(9-11)19-8-7-16(21)20-15-10-12(17)5-6-14(15)18/h2-6,9-10,19H,7-8H2,1H3,(H,20,21). The zero-order valence-corrected chi connectivity index (χ0v) is 13.1. The highest BCUT2D eigenvalue weighted by Crippen LogP contribution is 2.25. The molecule has 2 N–H and O–H groups in total. The van der Waals surface area contributed by atoms with E-state index >= 15 is 0 Å². The Morgan fingerprint density at radius 3 is 2.71 bits per heavy atom. The van der Waals surface area contributed by atoms with Crippen LogP contribution in [-0.2, 0) is 4.79 Å². The van der Waals surface area contributed by atoms with Gasteiger partial charge in [0.1, 0.15) is 0 Å². The molecule has 5 heteroatoms. The number of aryl methyl sites for hydroxylation is 1. The Hall–Kier alpha value is -1.71. The average Bonchev–Trinajstić information content (AvgIpc) is 2.43. The van der Waals surface area contributed by atoms with Crippen LogP contribution in [-0.4, -0.2) is 12.5 Å². The van der Waals surface area contributed by atoms with Gasteiger partial charge in [-0.25, -0.2) is 0 Å². The fraction of sp³-hybridized carbons (Fsp3) is 0.188. The summed E-state index contributed by atoms with van der Waals surface area (Å²) in [5, 5.41) is 6.97. The SMILES string of the molecule is Cc1cccc(NCCC(=O)Nc2cc(Cl)ccc2Cl)c1. The maximum atomic E-state index is 11.9. The molecule has 0 atom stereocenters. The quantitative estimate of drug-likeness (QED) is 0.834. The van der Waals surface area contributed by atoms with Crippen LogP contribution in [0.15, 0.2) is 42.5 Å². The molecule has 0 aromatic heterocycles. The van der Waals surface area contributed by atoms with Crippen LogP contribution in [0, 0.1) is 6.92 Å². The predicted octanol–water partition coefficient (Wildman–Crippen LogP) is 4.74. The highest BCUT2D eigenvalue weighted by Gasteiger charge is 2.06. The summed E-state index contributed by atoms with van der Waals surface area (Å²) in [6.07, 6.45) is 0.344. The largest absolute Gasteiger partial charge is 0.385 e. The van der Waals surface area contributed by atoms with Crippen LogP contribution in [0.5, 0.6) is 0 Å². The van der Waals surface area contributed by atoms with Gasteiger partial charge in [0.25, 0.3) is 0 Å². The molecule has 0 aliphatic rings. The summed E-state index contributed by atoms with van der Waals surface area (Å²) in [6, 6.07) is 13.0. The Bertz CT molecular complexity index is 644. The summed E-state index contributed by atoms with van der Waals surface area (Å²) in [4.78, 5) is 11.9. The van der Waals surface area contributed by atoms with Crippen molar-refractivity contribution in [1.82, 2.24) is 0 Å². The molecule has 2 aromatic carbocycles. The summed E-state index contributed by atoms with van der Waals surface area (Å²) in [5.41, 5.74) is 2.71. The van der Waals surface area contributed by atoms with Crippen LogP contribution in [0.4, 0.5) is 11.4 Å². The summed E-state index contributed by atoms with van der Waals surface area (Å²) in [6.45, 7) is 2.58. The van der Waals surface area contributed by atoms with E-state index in [0.717, 1.165) is 5.69 Å². The summed E-state index contributed by atoms with van der Waals surface area (Å²) in [7, 11) is 0. The number of anilines is 2. The Kier molecular flexibility index (Phi) is 5.48. The molecule has 0 aliphatic carbocycles. The Labute approximate surface area is 134 Å². The van der Waals surface area contributed by atoms with Crippen molar-refractivity contribution in [3.8, 4) is 0 Å². The van der Waals surface area contributed by atoms with Gasteiger partial charge in [-0.05, 0) is 42.8 Å². The third-order valence-corrected chi connectivity index (χ3v) is 3.47. The maximum absolute atomic E-state index is 11.9. The first-order valence-electron chi connectivity index (χ1n) is 6.60. The van der Waals surface area contributed by atoms with Crippen molar-refractivity contribution in [3.05, 3.63) is 58.1 Å². The molecular formula is C16H16Cl2N2O. The predicted molar refractivity (Wildman–Crippen MR) is 89.4 cm³/mol. The Morgan fingerprint density at radius 2 is 1.95 bits per heavy atom. The minimum Gasteiger partial charge on any atom is -0.385 e. The minimum atomic E-state index is -0.112. The normalized spacial score (nSPS) is 10.2. The lowest BCUT2D eigenvalue weighted by atomic mass is 10.2. The Balaban J connectivity index is 1.84. The number of carbonyl (C=O) groups excluding carboxylic acids is 1. The van der Waals surface area contributed by atoms with Gasteiger partial charge in [0.05, 0.1) is 10.7 Å². The minimum absolute atomic E-state index is 0.112. The molecule has 110 valence electrons. The second-order valence-corrected chi connectivity index (χ2v) is 5.56. The monoisotopic (exact) mass is 322 g/mol. The molecule has 0 saturated carbocycles. The van der Waals surface area contributed by atoms with E-state index < -0.39 is 0 Å². The zero-order chi connectivity index (χ0) is 15.2. The van der Waals surface area contributed by atoms with Crippen molar-refractivity contribution in [2.75, 3.05) is 17.2 Å². The molecule has 2 aromatic rings. The van der Waals surface area contributed by atoms with Gasteiger partial charge >= 0.3 is 0 Å². The zero-order valence-electron chi connectivity index (χ0n) is 11.6. The van der Waals surface area contributed by atoms with Crippen molar-refractivity contribution in [1.29, 1.82) is 0 Å². The molecule has 21 heavy (non-hydrogen) atoms. The van der Waals surface area contributed by atoms with Gasteiger partial charge in [0.15, 0.2) is 0 Å². The van der Waals surface area contributed by atoms with Crippen molar-refractivity contribution < 1.29 is 4.79 Å². The topological polar surface area (TPSA) is 41.1 Å². The van der Waals surface area contributed by atoms with Gasteiger partial charge < -0.3 is 10.6 Å². The first kappa shape index (κ1) is 15.7. The van der Waals surface area contributed by atoms with Crippen LogP contribution in [0.2, 0.25) is 10.0 Å². The molecule has 0 saturated heterocycles. The van der Waals surface area contributed by atoms with E-state index in [0.29, 0.717) is 28.7 Å². The van der Waals surface area contributed by atoms with Crippen LogP contribution < -0.4 is 10.6 Å². The number of halogens is 2. The molecule has 0 bridgehead atoms. The third kappa shape index (κ3) is 4.96. The maximum Gasteiger partial charge on any atom is 0.226 e. The molecule has 0 aliphatic heterocycles. The van der Waals surface area contributed by atoms with E-state index in [9.17, 15) is 4.79 Å². The highest BCUT2D eigenvalue weighted by molar-refractivity contribution is 6.35. The molecule has 1 amide bonds. The fourth-order valence-electron chi connectivity index (χ4n) is 1.88. The Morgan fingerprint density at radius 1 is 1.14 bits per heavy atom. The average molecular weight is 323 g/mol. The summed E-state index contributed by atoms with van der Waals surface area (Å²) < 4.78 is 0. The van der Waals surface area contributed by atoms with E-state index in [4.69, 9.17) is 23.2 Å². The number of hydrogen-bond donors (Lipinski definition) is 2. The van der Waals surface area contributed by atoms with E-state index in [2.05, 4.69) is 10.6 Å². The molecule has 0 spiro atoms. The smallest absolute Gasteiger partial charge is 0.226 e. The number of benzene rings is 2. The van der Waals surface area contributed by atoms with Crippen LogP contribution in [0.25, 0.3) is 0 Å². The molecule has 3 nitrogen and oxygen atoms in total. The van der Waals surface area contributed by atoms with Crippen molar-refractivity contribution >= 4 is 40.5 Å². The summed E-state index contributed by atoms with van der Waals surface area (Å²) >= 11 is 11.9. The second-order valence-electron chi connectivity index (χ2n) is 4.72. The van der Waals surface area contributed by atoms with Crippen LogP contribution in [0.1, 0.15) is 12.0 Å². The van der Waals surface area contributed by atoms with Crippen molar-refractivity contribution in [2.24, 2.45) is 0 Å². The van der Waals surface area contributed by atoms with E-state index in [-0.39, 0.29) is 5.91 Å². The second kappa shape index (κ2) is 7.34. The molecule has 0 radical (unpaired) electrons. The third-order valence-electron chi connectivity index (χ3n) is 2.90. The molecule has 2 rings (SSSR count). The molecular weight excluding hydrogens is 307 g/mol. The van der Waals surface area contributed by atoms with Crippen molar-refractivity contribution in [3.63, 3.8) is 0 Å².